The van der Waals surface area contributed by atoms with E-state index in [1.807, 2.05) is 19.1 Å². The molecule has 0 aromatic heterocycles. The maximum Gasteiger partial charge on any atom is 0.153 e. The largest absolute Gasteiger partial charge is 0.489 e. The van der Waals surface area contributed by atoms with Crippen LogP contribution in [0.1, 0.15) is 49.0 Å². The Kier molecular flexibility index (Phi) is 4.67. The first-order valence-electron chi connectivity index (χ1n) is 6.93. The lowest BCUT2D eigenvalue weighted by molar-refractivity contribution is 0.0970. The molecule has 2 nitrogen and oxygen atoms in total. The Morgan fingerprint density at radius 1 is 1.26 bits per heavy atom. The van der Waals surface area contributed by atoms with Crippen LogP contribution in [-0.2, 0) is 0 Å². The summed E-state index contributed by atoms with van der Waals surface area (Å²) in [5.41, 5.74) is 1.65. The number of ether oxygens (including phenoxy) is 1. The van der Waals surface area contributed by atoms with E-state index in [0.29, 0.717) is 11.5 Å². The summed E-state index contributed by atoms with van der Waals surface area (Å²) in [5, 5.41) is 0. The molecule has 0 amide bonds. The molecule has 0 spiro atoms. The Morgan fingerprint density at radius 3 is 2.63 bits per heavy atom. The fraction of sp³-hybridized carbons (Fsp3) is 0.562. The molecular formula is C16H21BrO2. The van der Waals surface area contributed by atoms with Crippen LogP contribution < -0.4 is 4.74 Å². The SMILES string of the molecule is Cc1cc(Br)cc(C=O)c1OC1CCC(C)C(C)C1. The predicted octanol–water partition coefficient (Wildman–Crippen LogP) is 4.77. The third-order valence-corrected chi connectivity index (χ3v) is 4.69. The van der Waals surface area contributed by atoms with Gasteiger partial charge in [-0.15, -0.1) is 0 Å². The topological polar surface area (TPSA) is 26.3 Å². The van der Waals surface area contributed by atoms with Crippen molar-refractivity contribution in [1.29, 1.82) is 0 Å². The van der Waals surface area contributed by atoms with Crippen molar-refractivity contribution in [2.75, 3.05) is 0 Å². The number of carbonyl (C=O) groups is 1. The van der Waals surface area contributed by atoms with Gasteiger partial charge in [-0.1, -0.05) is 29.8 Å². The number of benzene rings is 1. The van der Waals surface area contributed by atoms with E-state index in [4.69, 9.17) is 4.74 Å². The second kappa shape index (κ2) is 6.08. The van der Waals surface area contributed by atoms with Crippen LogP contribution in [0.2, 0.25) is 0 Å². The summed E-state index contributed by atoms with van der Waals surface area (Å²) in [4.78, 5) is 11.2. The second-order valence-electron chi connectivity index (χ2n) is 5.77. The average Bonchev–Trinajstić information content (AvgIpc) is 2.36. The molecule has 0 N–H and O–H groups in total. The number of hydrogen-bond acceptors (Lipinski definition) is 2. The van der Waals surface area contributed by atoms with E-state index in [2.05, 4.69) is 29.8 Å². The molecule has 3 unspecified atom stereocenters. The van der Waals surface area contributed by atoms with Gasteiger partial charge in [-0.3, -0.25) is 4.79 Å². The van der Waals surface area contributed by atoms with Crippen molar-refractivity contribution in [2.45, 2.75) is 46.1 Å². The van der Waals surface area contributed by atoms with Gasteiger partial charge in [0.05, 0.1) is 11.7 Å². The highest BCUT2D eigenvalue weighted by Gasteiger charge is 2.26. The van der Waals surface area contributed by atoms with Crippen molar-refractivity contribution >= 4 is 22.2 Å². The van der Waals surface area contributed by atoms with Gasteiger partial charge < -0.3 is 4.74 Å². The number of hydrogen-bond donors (Lipinski definition) is 0. The van der Waals surface area contributed by atoms with Gasteiger partial charge in [-0.05, 0) is 55.7 Å². The molecule has 1 aromatic rings. The maximum atomic E-state index is 11.2. The molecular weight excluding hydrogens is 304 g/mol. The molecule has 104 valence electrons. The summed E-state index contributed by atoms with van der Waals surface area (Å²) in [6.45, 7) is 6.58. The van der Waals surface area contributed by atoms with Crippen LogP contribution >= 0.6 is 15.9 Å². The van der Waals surface area contributed by atoms with Crippen molar-refractivity contribution in [1.82, 2.24) is 0 Å². The molecule has 0 bridgehead atoms. The monoisotopic (exact) mass is 324 g/mol. The van der Waals surface area contributed by atoms with E-state index < -0.39 is 0 Å². The first-order chi connectivity index (χ1) is 9.01. The van der Waals surface area contributed by atoms with Gasteiger partial charge in [-0.2, -0.15) is 0 Å². The number of rotatable bonds is 3. The standard InChI is InChI=1S/C16H21BrO2/c1-10-4-5-15(7-11(10)2)19-16-12(3)6-14(17)8-13(16)9-18/h6,8-11,15H,4-5,7H2,1-3H3. The fourth-order valence-electron chi connectivity index (χ4n) is 2.78. The third kappa shape index (κ3) is 3.38. The molecule has 0 radical (unpaired) electrons. The van der Waals surface area contributed by atoms with E-state index in [9.17, 15) is 4.79 Å². The Balaban J connectivity index is 2.17. The average molecular weight is 325 g/mol. The Bertz CT molecular complexity index is 470. The molecule has 3 heteroatoms. The zero-order chi connectivity index (χ0) is 14.0. The smallest absolute Gasteiger partial charge is 0.153 e. The lowest BCUT2D eigenvalue weighted by Gasteiger charge is -2.32. The van der Waals surface area contributed by atoms with Crippen molar-refractivity contribution in [2.24, 2.45) is 11.8 Å². The summed E-state index contributed by atoms with van der Waals surface area (Å²) < 4.78 is 7.05. The zero-order valence-corrected chi connectivity index (χ0v) is 13.4. The van der Waals surface area contributed by atoms with Gasteiger partial charge in [0.15, 0.2) is 6.29 Å². The van der Waals surface area contributed by atoms with Gasteiger partial charge >= 0.3 is 0 Å². The number of carbonyl (C=O) groups excluding carboxylic acids is 1. The molecule has 3 atom stereocenters. The fourth-order valence-corrected chi connectivity index (χ4v) is 3.37. The minimum Gasteiger partial charge on any atom is -0.489 e. The van der Waals surface area contributed by atoms with Gasteiger partial charge in [0.2, 0.25) is 0 Å². The van der Waals surface area contributed by atoms with E-state index in [-0.39, 0.29) is 6.10 Å². The van der Waals surface area contributed by atoms with E-state index >= 15 is 0 Å². The molecule has 1 aliphatic rings. The molecule has 1 aliphatic carbocycles. The lowest BCUT2D eigenvalue weighted by atomic mass is 9.80. The highest BCUT2D eigenvalue weighted by molar-refractivity contribution is 9.10. The van der Waals surface area contributed by atoms with Crippen LogP contribution in [0.5, 0.6) is 5.75 Å². The lowest BCUT2D eigenvalue weighted by Crippen LogP contribution is -2.29. The molecule has 0 aliphatic heterocycles. The molecule has 0 heterocycles. The second-order valence-corrected chi connectivity index (χ2v) is 6.68. The van der Waals surface area contributed by atoms with Gasteiger partial charge in [0.1, 0.15) is 5.75 Å². The van der Waals surface area contributed by atoms with Crippen molar-refractivity contribution in [3.8, 4) is 5.75 Å². The summed E-state index contributed by atoms with van der Waals surface area (Å²) in [7, 11) is 0. The number of aryl methyl sites for hydroxylation is 1. The predicted molar refractivity (Wildman–Crippen MR) is 80.9 cm³/mol. The quantitative estimate of drug-likeness (QED) is 0.748. The van der Waals surface area contributed by atoms with Crippen molar-refractivity contribution in [3.05, 3.63) is 27.7 Å². The Hall–Kier alpha value is -0.830. The third-order valence-electron chi connectivity index (χ3n) is 4.23. The van der Waals surface area contributed by atoms with Gasteiger partial charge in [0.25, 0.3) is 0 Å². The van der Waals surface area contributed by atoms with Gasteiger partial charge in [-0.25, -0.2) is 0 Å². The van der Waals surface area contributed by atoms with Gasteiger partial charge in [0, 0.05) is 4.47 Å². The van der Waals surface area contributed by atoms with Crippen molar-refractivity contribution in [3.63, 3.8) is 0 Å². The zero-order valence-electron chi connectivity index (χ0n) is 11.8. The Morgan fingerprint density at radius 2 is 2.00 bits per heavy atom. The first kappa shape index (κ1) is 14.6. The minimum absolute atomic E-state index is 0.241. The molecule has 1 saturated carbocycles. The van der Waals surface area contributed by atoms with Crippen LogP contribution in [0, 0.1) is 18.8 Å². The van der Waals surface area contributed by atoms with Crippen LogP contribution in [0.3, 0.4) is 0 Å². The normalized spacial score (nSPS) is 27.1. The van der Waals surface area contributed by atoms with Crippen LogP contribution in [-0.4, -0.2) is 12.4 Å². The first-order valence-corrected chi connectivity index (χ1v) is 7.72. The number of aldehydes is 1. The molecule has 0 saturated heterocycles. The highest BCUT2D eigenvalue weighted by atomic mass is 79.9. The minimum atomic E-state index is 0.241. The summed E-state index contributed by atoms with van der Waals surface area (Å²) in [6.07, 6.45) is 4.48. The maximum absolute atomic E-state index is 11.2. The number of halogens is 1. The molecule has 19 heavy (non-hydrogen) atoms. The van der Waals surface area contributed by atoms with Crippen LogP contribution in [0.4, 0.5) is 0 Å². The summed E-state index contributed by atoms with van der Waals surface area (Å²) in [5.74, 6) is 2.22. The summed E-state index contributed by atoms with van der Waals surface area (Å²) >= 11 is 3.42. The summed E-state index contributed by atoms with van der Waals surface area (Å²) in [6, 6.07) is 3.82. The van der Waals surface area contributed by atoms with Crippen molar-refractivity contribution < 1.29 is 9.53 Å². The van der Waals surface area contributed by atoms with E-state index in [1.165, 1.54) is 6.42 Å². The van der Waals surface area contributed by atoms with E-state index in [1.54, 1.807) is 0 Å². The van der Waals surface area contributed by atoms with Crippen LogP contribution in [0.15, 0.2) is 16.6 Å². The Labute approximate surface area is 123 Å². The molecule has 1 fully saturated rings. The molecule has 1 aromatic carbocycles. The molecule has 2 rings (SSSR count). The highest BCUT2D eigenvalue weighted by Crippen LogP contribution is 2.34. The van der Waals surface area contributed by atoms with E-state index in [0.717, 1.165) is 40.8 Å². The van der Waals surface area contributed by atoms with Crippen LogP contribution in [0.25, 0.3) is 0 Å².